The van der Waals surface area contributed by atoms with Crippen LogP contribution in [0.2, 0.25) is 0 Å². The molecular weight excluding hydrogens is 335 g/mol. The minimum absolute atomic E-state index is 0.0794. The molecule has 1 unspecified atom stereocenters. The highest BCUT2D eigenvalue weighted by Gasteiger charge is 2.26. The Bertz CT molecular complexity index is 684. The molecule has 0 saturated heterocycles. The summed E-state index contributed by atoms with van der Waals surface area (Å²) >= 11 is 3.36. The van der Waals surface area contributed by atoms with Crippen LogP contribution in [0.15, 0.2) is 46.9 Å². The lowest BCUT2D eigenvalue weighted by Crippen LogP contribution is -2.29. The zero-order chi connectivity index (χ0) is 14.8. The summed E-state index contributed by atoms with van der Waals surface area (Å²) in [5.41, 5.74) is 1.74. The lowest BCUT2D eigenvalue weighted by molar-refractivity contribution is -0.123. The van der Waals surface area contributed by atoms with Gasteiger partial charge in [-0.05, 0) is 41.8 Å². The van der Waals surface area contributed by atoms with E-state index in [2.05, 4.69) is 15.9 Å². The molecule has 108 valence electrons. The van der Waals surface area contributed by atoms with Crippen LogP contribution in [-0.4, -0.2) is 12.4 Å². The van der Waals surface area contributed by atoms with Gasteiger partial charge in [-0.1, -0.05) is 34.1 Å². The van der Waals surface area contributed by atoms with Crippen molar-refractivity contribution in [2.24, 2.45) is 5.92 Å². The molecule has 0 amide bonds. The van der Waals surface area contributed by atoms with Crippen LogP contribution < -0.4 is 4.74 Å². The Hall–Kier alpha value is -1.68. The molecule has 0 N–H and O–H groups in total. The summed E-state index contributed by atoms with van der Waals surface area (Å²) in [6, 6.07) is 12.2. The maximum atomic E-state index is 13.3. The van der Waals surface area contributed by atoms with Crippen LogP contribution in [-0.2, 0) is 17.6 Å². The minimum atomic E-state index is -0.328. The van der Waals surface area contributed by atoms with E-state index in [1.165, 1.54) is 12.1 Å². The number of rotatable bonds is 3. The first-order valence-corrected chi connectivity index (χ1v) is 7.60. The number of hydrogen-bond acceptors (Lipinski definition) is 2. The predicted octanol–water partition coefficient (Wildman–Crippen LogP) is 3.95. The van der Waals surface area contributed by atoms with Crippen LogP contribution in [0.25, 0.3) is 0 Å². The molecule has 2 nitrogen and oxygen atoms in total. The zero-order valence-electron chi connectivity index (χ0n) is 11.3. The van der Waals surface area contributed by atoms with E-state index in [0.29, 0.717) is 18.6 Å². The molecular formula is C17H14BrFO2. The maximum Gasteiger partial charge on any atom is 0.144 e. The summed E-state index contributed by atoms with van der Waals surface area (Å²) in [7, 11) is 0. The third-order valence-electron chi connectivity index (χ3n) is 3.71. The molecule has 0 fully saturated rings. The van der Waals surface area contributed by atoms with Gasteiger partial charge in [0.05, 0.1) is 12.5 Å². The number of fused-ring (bicyclic) bond motifs is 1. The van der Waals surface area contributed by atoms with Gasteiger partial charge >= 0.3 is 0 Å². The number of halogens is 2. The van der Waals surface area contributed by atoms with Gasteiger partial charge in [-0.15, -0.1) is 0 Å². The maximum absolute atomic E-state index is 13.3. The highest BCUT2D eigenvalue weighted by molar-refractivity contribution is 9.10. The predicted molar refractivity (Wildman–Crippen MR) is 81.9 cm³/mol. The summed E-state index contributed by atoms with van der Waals surface area (Å²) in [5.74, 6) is 0.436. The Morgan fingerprint density at radius 1 is 1.29 bits per heavy atom. The first kappa shape index (κ1) is 14.3. The van der Waals surface area contributed by atoms with E-state index < -0.39 is 0 Å². The minimum Gasteiger partial charge on any atom is -0.493 e. The highest BCUT2D eigenvalue weighted by atomic mass is 79.9. The van der Waals surface area contributed by atoms with Crippen molar-refractivity contribution in [1.29, 1.82) is 0 Å². The second-order valence-corrected chi connectivity index (χ2v) is 6.05. The van der Waals surface area contributed by atoms with E-state index in [9.17, 15) is 9.18 Å². The Kier molecular flexibility index (Phi) is 4.06. The molecule has 0 aromatic heterocycles. The van der Waals surface area contributed by atoms with Crippen LogP contribution in [0, 0.1) is 11.7 Å². The molecule has 0 aliphatic carbocycles. The highest BCUT2D eigenvalue weighted by Crippen LogP contribution is 2.28. The number of para-hydroxylation sites is 1. The molecule has 21 heavy (non-hydrogen) atoms. The van der Waals surface area contributed by atoms with Crippen molar-refractivity contribution < 1.29 is 13.9 Å². The van der Waals surface area contributed by atoms with Crippen LogP contribution in [0.3, 0.4) is 0 Å². The quantitative estimate of drug-likeness (QED) is 0.839. The van der Waals surface area contributed by atoms with Crippen LogP contribution in [0.4, 0.5) is 4.39 Å². The Morgan fingerprint density at radius 2 is 2.10 bits per heavy atom. The van der Waals surface area contributed by atoms with Gasteiger partial charge in [-0.3, -0.25) is 4.79 Å². The van der Waals surface area contributed by atoms with E-state index in [-0.39, 0.29) is 23.9 Å². The third-order valence-corrected chi connectivity index (χ3v) is 4.48. The number of Topliss-reactive ketones (excluding diaryl/α,β-unsaturated/α-hetero) is 1. The van der Waals surface area contributed by atoms with Gasteiger partial charge in [-0.2, -0.15) is 0 Å². The number of benzene rings is 2. The molecule has 2 aromatic rings. The number of hydrogen-bond donors (Lipinski definition) is 0. The Labute approximate surface area is 131 Å². The number of carbonyl (C=O) groups is 1. The van der Waals surface area contributed by atoms with Crippen molar-refractivity contribution >= 4 is 21.7 Å². The number of ether oxygens (including phenoxy) is 1. The Balaban J connectivity index is 1.74. The first-order chi connectivity index (χ1) is 10.1. The fourth-order valence-electron chi connectivity index (χ4n) is 2.55. The van der Waals surface area contributed by atoms with Crippen molar-refractivity contribution in [3.8, 4) is 5.75 Å². The van der Waals surface area contributed by atoms with Gasteiger partial charge in [0.1, 0.15) is 17.3 Å². The molecule has 0 bridgehead atoms. The molecule has 1 atom stereocenters. The van der Waals surface area contributed by atoms with Gasteiger partial charge in [0.15, 0.2) is 0 Å². The van der Waals surface area contributed by atoms with E-state index in [1.807, 2.05) is 24.3 Å². The summed E-state index contributed by atoms with van der Waals surface area (Å²) < 4.78 is 19.7. The lowest BCUT2D eigenvalue weighted by atomic mass is 9.90. The molecule has 0 saturated carbocycles. The molecule has 3 rings (SSSR count). The van der Waals surface area contributed by atoms with E-state index in [0.717, 1.165) is 15.8 Å². The van der Waals surface area contributed by atoms with E-state index in [1.54, 1.807) is 6.07 Å². The fourth-order valence-corrected chi connectivity index (χ4v) is 2.93. The fraction of sp³-hybridized carbons (Fsp3) is 0.235. The van der Waals surface area contributed by atoms with Crippen molar-refractivity contribution in [3.05, 3.63) is 63.9 Å². The van der Waals surface area contributed by atoms with Gasteiger partial charge in [0.2, 0.25) is 0 Å². The zero-order valence-corrected chi connectivity index (χ0v) is 12.9. The van der Waals surface area contributed by atoms with Gasteiger partial charge in [0.25, 0.3) is 0 Å². The van der Waals surface area contributed by atoms with Crippen molar-refractivity contribution in [1.82, 2.24) is 0 Å². The third kappa shape index (κ3) is 3.16. The summed E-state index contributed by atoms with van der Waals surface area (Å²) in [6.45, 7) is 0.392. The molecule has 0 radical (unpaired) electrons. The normalized spacial score (nSPS) is 17.0. The largest absolute Gasteiger partial charge is 0.493 e. The monoisotopic (exact) mass is 348 g/mol. The lowest BCUT2D eigenvalue weighted by Gasteiger charge is -2.24. The van der Waals surface area contributed by atoms with E-state index >= 15 is 0 Å². The second kappa shape index (κ2) is 5.98. The topological polar surface area (TPSA) is 26.3 Å². The average Bonchev–Trinajstić information content (AvgIpc) is 2.50. The van der Waals surface area contributed by atoms with E-state index in [4.69, 9.17) is 4.74 Å². The molecule has 0 spiro atoms. The van der Waals surface area contributed by atoms with Crippen LogP contribution in [0.5, 0.6) is 5.75 Å². The molecule has 1 aliphatic rings. The summed E-state index contributed by atoms with van der Waals surface area (Å²) in [5, 5.41) is 0. The second-order valence-electron chi connectivity index (χ2n) is 5.20. The van der Waals surface area contributed by atoms with Gasteiger partial charge in [0, 0.05) is 10.9 Å². The van der Waals surface area contributed by atoms with Crippen LogP contribution >= 0.6 is 15.9 Å². The number of ketones is 1. The SMILES string of the molecule is O=C(Cc1cc(F)ccc1Br)C1COc2ccccc2C1. The average molecular weight is 349 g/mol. The van der Waals surface area contributed by atoms with Crippen molar-refractivity contribution in [2.45, 2.75) is 12.8 Å². The van der Waals surface area contributed by atoms with Gasteiger partial charge < -0.3 is 4.74 Å². The summed E-state index contributed by atoms with van der Waals surface area (Å²) in [6.07, 6.45) is 0.899. The van der Waals surface area contributed by atoms with Gasteiger partial charge in [-0.25, -0.2) is 4.39 Å². The standard InChI is InChI=1S/C17H14BrFO2/c18-15-6-5-14(19)8-12(15)9-16(20)13-7-11-3-1-2-4-17(11)21-10-13/h1-6,8,13H,7,9-10H2. The summed E-state index contributed by atoms with van der Waals surface area (Å²) in [4.78, 5) is 12.4. The first-order valence-electron chi connectivity index (χ1n) is 6.81. The van der Waals surface area contributed by atoms with Crippen molar-refractivity contribution in [3.63, 3.8) is 0 Å². The number of carbonyl (C=O) groups excluding carboxylic acids is 1. The van der Waals surface area contributed by atoms with Crippen molar-refractivity contribution in [2.75, 3.05) is 6.61 Å². The van der Waals surface area contributed by atoms with Crippen LogP contribution in [0.1, 0.15) is 11.1 Å². The molecule has 4 heteroatoms. The Morgan fingerprint density at radius 3 is 2.95 bits per heavy atom. The smallest absolute Gasteiger partial charge is 0.144 e. The molecule has 1 aliphatic heterocycles. The molecule has 1 heterocycles. The molecule has 2 aromatic carbocycles.